The lowest BCUT2D eigenvalue weighted by Crippen LogP contribution is -2.21. The number of fused-ring (bicyclic) bond motifs is 1. The number of aliphatic imine (C=N–C) groups is 1. The van der Waals surface area contributed by atoms with Crippen molar-refractivity contribution in [2.45, 2.75) is 12.4 Å². The molecule has 0 saturated carbocycles. The van der Waals surface area contributed by atoms with E-state index < -0.39 is 18.0 Å². The van der Waals surface area contributed by atoms with Crippen LogP contribution >= 0.6 is 0 Å². The number of anilines is 1. The average Bonchev–Trinajstić information content (AvgIpc) is 2.75. The van der Waals surface area contributed by atoms with Gasteiger partial charge in [-0.3, -0.25) is 0 Å². The number of alkyl halides is 3. The molecule has 2 aromatic rings. The summed E-state index contributed by atoms with van der Waals surface area (Å²) in [7, 11) is 0. The standard InChI is InChI=1S/C15H11F3N2O/c16-15(17,18)9-4-3-5-10(8-9)19-13-11-6-1-2-7-12(11)20-14(13)21/h1-8,14,20-21H. The Morgan fingerprint density at radius 3 is 2.57 bits per heavy atom. The van der Waals surface area contributed by atoms with Crippen LogP contribution in [0.3, 0.4) is 0 Å². The first-order valence-corrected chi connectivity index (χ1v) is 6.25. The molecule has 3 rings (SSSR count). The predicted octanol–water partition coefficient (Wildman–Crippen LogP) is 3.57. The number of aliphatic hydroxyl groups excluding tert-OH is 1. The van der Waals surface area contributed by atoms with Crippen LogP contribution in [0, 0.1) is 0 Å². The summed E-state index contributed by atoms with van der Waals surface area (Å²) in [4.78, 5) is 4.16. The molecular weight excluding hydrogens is 281 g/mol. The largest absolute Gasteiger partial charge is 0.416 e. The molecule has 0 amide bonds. The third kappa shape index (κ3) is 2.62. The second-order valence-corrected chi connectivity index (χ2v) is 4.64. The minimum Gasteiger partial charge on any atom is -0.368 e. The van der Waals surface area contributed by atoms with Gasteiger partial charge in [-0.05, 0) is 24.3 Å². The van der Waals surface area contributed by atoms with E-state index in [-0.39, 0.29) is 5.69 Å². The lowest BCUT2D eigenvalue weighted by atomic mass is 10.1. The zero-order chi connectivity index (χ0) is 15.0. The van der Waals surface area contributed by atoms with Gasteiger partial charge >= 0.3 is 6.18 Å². The van der Waals surface area contributed by atoms with E-state index in [2.05, 4.69) is 10.3 Å². The Morgan fingerprint density at radius 1 is 1.05 bits per heavy atom. The van der Waals surface area contributed by atoms with Crippen molar-refractivity contribution in [2.75, 3.05) is 5.32 Å². The first kappa shape index (κ1) is 13.6. The van der Waals surface area contributed by atoms with Gasteiger partial charge in [0.25, 0.3) is 0 Å². The molecule has 1 atom stereocenters. The Hall–Kier alpha value is -2.34. The first-order chi connectivity index (χ1) is 9.95. The van der Waals surface area contributed by atoms with Crippen LogP contribution in [-0.2, 0) is 6.18 Å². The molecule has 0 spiro atoms. The highest BCUT2D eigenvalue weighted by molar-refractivity contribution is 6.13. The lowest BCUT2D eigenvalue weighted by Gasteiger charge is -2.08. The summed E-state index contributed by atoms with van der Waals surface area (Å²) in [5, 5.41) is 12.8. The van der Waals surface area contributed by atoms with Crippen molar-refractivity contribution in [3.63, 3.8) is 0 Å². The Bertz CT molecular complexity index is 710. The highest BCUT2D eigenvalue weighted by Crippen LogP contribution is 2.32. The molecule has 0 aromatic heterocycles. The average molecular weight is 292 g/mol. The van der Waals surface area contributed by atoms with E-state index in [0.29, 0.717) is 17.0 Å². The van der Waals surface area contributed by atoms with Crippen molar-refractivity contribution >= 4 is 17.1 Å². The summed E-state index contributed by atoms with van der Waals surface area (Å²) in [6, 6.07) is 11.8. The monoisotopic (exact) mass is 292 g/mol. The molecule has 1 aliphatic heterocycles. The number of aliphatic hydroxyl groups is 1. The molecular formula is C15H11F3N2O. The van der Waals surface area contributed by atoms with Crippen LogP contribution in [0.15, 0.2) is 53.5 Å². The summed E-state index contributed by atoms with van der Waals surface area (Å²) in [5.74, 6) is 0. The number of benzene rings is 2. The molecule has 0 aliphatic carbocycles. The summed E-state index contributed by atoms with van der Waals surface area (Å²) in [6.45, 7) is 0. The van der Waals surface area contributed by atoms with E-state index in [1.54, 1.807) is 24.3 Å². The molecule has 108 valence electrons. The molecule has 0 fully saturated rings. The fourth-order valence-corrected chi connectivity index (χ4v) is 2.21. The van der Waals surface area contributed by atoms with Crippen LogP contribution in [0.25, 0.3) is 0 Å². The molecule has 1 unspecified atom stereocenters. The lowest BCUT2D eigenvalue weighted by molar-refractivity contribution is -0.137. The Balaban J connectivity index is 2.03. The van der Waals surface area contributed by atoms with E-state index >= 15 is 0 Å². The van der Waals surface area contributed by atoms with Crippen molar-refractivity contribution < 1.29 is 18.3 Å². The maximum Gasteiger partial charge on any atom is 0.416 e. The van der Waals surface area contributed by atoms with Gasteiger partial charge in [0.05, 0.1) is 17.0 Å². The van der Waals surface area contributed by atoms with E-state index in [0.717, 1.165) is 12.1 Å². The van der Waals surface area contributed by atoms with Gasteiger partial charge in [-0.2, -0.15) is 13.2 Å². The maximum absolute atomic E-state index is 12.7. The number of para-hydroxylation sites is 1. The summed E-state index contributed by atoms with van der Waals surface area (Å²) >= 11 is 0. The van der Waals surface area contributed by atoms with Crippen LogP contribution in [0.2, 0.25) is 0 Å². The van der Waals surface area contributed by atoms with Crippen molar-refractivity contribution in [1.82, 2.24) is 0 Å². The van der Waals surface area contributed by atoms with E-state index in [9.17, 15) is 18.3 Å². The molecule has 3 nitrogen and oxygen atoms in total. The van der Waals surface area contributed by atoms with Gasteiger partial charge in [0, 0.05) is 11.3 Å². The third-order valence-corrected chi connectivity index (χ3v) is 3.18. The van der Waals surface area contributed by atoms with Gasteiger partial charge < -0.3 is 10.4 Å². The quantitative estimate of drug-likeness (QED) is 0.844. The van der Waals surface area contributed by atoms with Crippen molar-refractivity contribution in [3.8, 4) is 0 Å². The molecule has 2 aromatic carbocycles. The molecule has 0 saturated heterocycles. The minimum absolute atomic E-state index is 0.150. The van der Waals surface area contributed by atoms with Gasteiger partial charge in [-0.1, -0.05) is 24.3 Å². The predicted molar refractivity (Wildman–Crippen MR) is 73.7 cm³/mol. The van der Waals surface area contributed by atoms with Crippen molar-refractivity contribution in [3.05, 3.63) is 59.7 Å². The summed E-state index contributed by atoms with van der Waals surface area (Å²) in [5.41, 5.74) is 1.08. The molecule has 6 heteroatoms. The molecule has 2 N–H and O–H groups in total. The van der Waals surface area contributed by atoms with Crippen LogP contribution in [0.4, 0.5) is 24.5 Å². The van der Waals surface area contributed by atoms with Gasteiger partial charge in [0.15, 0.2) is 6.23 Å². The van der Waals surface area contributed by atoms with E-state index in [1.165, 1.54) is 12.1 Å². The molecule has 0 radical (unpaired) electrons. The first-order valence-electron chi connectivity index (χ1n) is 6.25. The SMILES string of the molecule is OC1Nc2ccccc2C1=Nc1cccc(C(F)(F)F)c1. The third-order valence-electron chi connectivity index (χ3n) is 3.18. The van der Waals surface area contributed by atoms with Gasteiger partial charge in [0.1, 0.15) is 0 Å². The normalized spacial score (nSPS) is 19.4. The molecule has 0 bridgehead atoms. The van der Waals surface area contributed by atoms with Crippen molar-refractivity contribution in [2.24, 2.45) is 4.99 Å². The maximum atomic E-state index is 12.7. The van der Waals surface area contributed by atoms with Crippen LogP contribution < -0.4 is 5.32 Å². The van der Waals surface area contributed by atoms with E-state index in [1.807, 2.05) is 0 Å². The van der Waals surface area contributed by atoms with Gasteiger partial charge in [-0.25, -0.2) is 4.99 Å². The highest BCUT2D eigenvalue weighted by atomic mass is 19.4. The zero-order valence-corrected chi connectivity index (χ0v) is 10.7. The second-order valence-electron chi connectivity index (χ2n) is 4.64. The van der Waals surface area contributed by atoms with Gasteiger partial charge in [-0.15, -0.1) is 0 Å². The number of hydrogen-bond acceptors (Lipinski definition) is 3. The number of halogens is 3. The Labute approximate surface area is 118 Å². The Morgan fingerprint density at radius 2 is 1.81 bits per heavy atom. The van der Waals surface area contributed by atoms with Crippen LogP contribution in [-0.4, -0.2) is 17.0 Å². The topological polar surface area (TPSA) is 44.6 Å². The zero-order valence-electron chi connectivity index (χ0n) is 10.7. The Kier molecular flexibility index (Phi) is 3.17. The molecule has 21 heavy (non-hydrogen) atoms. The van der Waals surface area contributed by atoms with Crippen LogP contribution in [0.5, 0.6) is 0 Å². The number of hydrogen-bond donors (Lipinski definition) is 2. The minimum atomic E-state index is -4.42. The van der Waals surface area contributed by atoms with E-state index in [4.69, 9.17) is 0 Å². The smallest absolute Gasteiger partial charge is 0.368 e. The molecule has 1 aliphatic rings. The fourth-order valence-electron chi connectivity index (χ4n) is 2.21. The second kappa shape index (κ2) is 4.89. The number of rotatable bonds is 1. The highest BCUT2D eigenvalue weighted by Gasteiger charge is 2.31. The van der Waals surface area contributed by atoms with Gasteiger partial charge in [0.2, 0.25) is 0 Å². The summed E-state index contributed by atoms with van der Waals surface area (Å²) < 4.78 is 38.1. The van der Waals surface area contributed by atoms with Crippen LogP contribution in [0.1, 0.15) is 11.1 Å². The molecule has 1 heterocycles. The number of nitrogens with zero attached hydrogens (tertiary/aromatic N) is 1. The fraction of sp³-hybridized carbons (Fsp3) is 0.133. The van der Waals surface area contributed by atoms with Crippen molar-refractivity contribution in [1.29, 1.82) is 0 Å². The number of nitrogens with one attached hydrogen (secondary N) is 1. The summed E-state index contributed by atoms with van der Waals surface area (Å²) in [6.07, 6.45) is -5.45.